The average Bonchev–Trinajstić information content (AvgIpc) is 1.67. The lowest BCUT2D eigenvalue weighted by Gasteiger charge is -1.88. The molecule has 0 amide bonds. The van der Waals surface area contributed by atoms with Crippen LogP contribution < -0.4 is 11.5 Å². The molecule has 0 saturated heterocycles. The van der Waals surface area contributed by atoms with Gasteiger partial charge >= 0.3 is 5.96 Å². The molecule has 0 aliphatic rings. The van der Waals surface area contributed by atoms with Gasteiger partial charge < -0.3 is 0 Å². The molecule has 0 heterocycles. The minimum Gasteiger partial charge on any atom is -0.289 e. The Morgan fingerprint density at radius 1 is 1.62 bits per heavy atom. The second-order valence-corrected chi connectivity index (χ2v) is 1.32. The van der Waals surface area contributed by atoms with E-state index in [0.29, 0.717) is 0 Å². The van der Waals surface area contributed by atoms with Crippen molar-refractivity contribution in [2.75, 3.05) is 7.05 Å². The quantitative estimate of drug-likeness (QED) is 0.197. The molecule has 0 unspecified atom stereocenters. The molecule has 0 rings (SSSR count). The first kappa shape index (κ1) is 6.94. The Bertz CT molecular complexity index is 120. The summed E-state index contributed by atoms with van der Waals surface area (Å²) >= 11 is 0. The van der Waals surface area contributed by atoms with Gasteiger partial charge in [0.25, 0.3) is 0 Å². The largest absolute Gasteiger partial charge is 0.364 e. The number of hydrogen-bond donors (Lipinski definition) is 2. The number of nitrogens with two attached hydrogens (primary N) is 2. The van der Waals surface area contributed by atoms with Crippen LogP contribution in [0.2, 0.25) is 0 Å². The van der Waals surface area contributed by atoms with E-state index in [1.54, 1.807) is 20.2 Å². The van der Waals surface area contributed by atoms with Crippen molar-refractivity contribution in [2.45, 2.75) is 6.92 Å². The summed E-state index contributed by atoms with van der Waals surface area (Å²) in [5.41, 5.74) is 10.3. The van der Waals surface area contributed by atoms with Crippen LogP contribution in [0.5, 0.6) is 0 Å². The van der Waals surface area contributed by atoms with Gasteiger partial charge in [-0.2, -0.15) is 0 Å². The van der Waals surface area contributed by atoms with E-state index in [9.17, 15) is 0 Å². The van der Waals surface area contributed by atoms with Gasteiger partial charge in [-0.05, 0) is 6.92 Å². The second kappa shape index (κ2) is 3.01. The Balaban J connectivity index is 4.00. The zero-order valence-electron chi connectivity index (χ0n) is 5.13. The zero-order chi connectivity index (χ0) is 6.57. The molecule has 0 bridgehead atoms. The van der Waals surface area contributed by atoms with Gasteiger partial charge in [0.15, 0.2) is 0 Å². The molecular weight excluding hydrogens is 104 g/mol. The van der Waals surface area contributed by atoms with Gasteiger partial charge in [0.2, 0.25) is 0 Å². The zero-order valence-corrected chi connectivity index (χ0v) is 5.13. The molecule has 0 spiro atoms. The summed E-state index contributed by atoms with van der Waals surface area (Å²) in [5.74, 6) is 0.197. The third kappa shape index (κ3) is 2.17. The van der Waals surface area contributed by atoms with E-state index in [-0.39, 0.29) is 5.96 Å². The summed E-state index contributed by atoms with van der Waals surface area (Å²) in [5, 5.41) is 3.75. The molecule has 0 aliphatic heterocycles. The predicted octanol–water partition coefficient (Wildman–Crippen LogP) is -1.09. The van der Waals surface area contributed by atoms with Crippen LogP contribution in [0.4, 0.5) is 0 Å². The maximum Gasteiger partial charge on any atom is 0.364 e. The molecule has 0 aliphatic carbocycles. The summed E-state index contributed by atoms with van der Waals surface area (Å²) < 4.78 is 1.39. The molecule has 0 fully saturated rings. The summed E-state index contributed by atoms with van der Waals surface area (Å²) in [7, 11) is 1.68. The third-order valence-corrected chi connectivity index (χ3v) is 0.662. The van der Waals surface area contributed by atoms with Crippen LogP contribution >= 0.6 is 0 Å². The highest BCUT2D eigenvalue weighted by Crippen LogP contribution is 1.62. The highest BCUT2D eigenvalue weighted by atomic mass is 15.4. The Morgan fingerprint density at radius 2 is 2.12 bits per heavy atom. The summed E-state index contributed by atoms with van der Waals surface area (Å²) in [6.07, 6.45) is 1.61. The van der Waals surface area contributed by atoms with Crippen molar-refractivity contribution in [1.82, 2.24) is 0 Å². The molecule has 0 atom stereocenters. The van der Waals surface area contributed by atoms with Crippen molar-refractivity contribution in [3.05, 3.63) is 0 Å². The fourth-order valence-corrected chi connectivity index (χ4v) is 0.240. The summed E-state index contributed by atoms with van der Waals surface area (Å²) in [4.78, 5) is 0. The molecule has 4 nitrogen and oxygen atoms in total. The van der Waals surface area contributed by atoms with E-state index in [1.807, 2.05) is 0 Å². The lowest BCUT2D eigenvalue weighted by molar-refractivity contribution is -0.503. The van der Waals surface area contributed by atoms with Crippen molar-refractivity contribution < 1.29 is 4.68 Å². The van der Waals surface area contributed by atoms with Gasteiger partial charge in [-0.1, -0.05) is 0 Å². The number of rotatable bonds is 1. The molecular formula is C4H11N4+. The van der Waals surface area contributed by atoms with Crippen molar-refractivity contribution in [3.63, 3.8) is 0 Å². The number of hydrazone groups is 1. The maximum atomic E-state index is 5.13. The van der Waals surface area contributed by atoms with Crippen LogP contribution in [-0.4, -0.2) is 23.9 Å². The van der Waals surface area contributed by atoms with Crippen molar-refractivity contribution in [1.29, 1.82) is 0 Å². The van der Waals surface area contributed by atoms with Crippen LogP contribution in [0, 0.1) is 0 Å². The van der Waals surface area contributed by atoms with E-state index in [4.69, 9.17) is 11.5 Å². The van der Waals surface area contributed by atoms with Crippen molar-refractivity contribution in [2.24, 2.45) is 16.6 Å². The fraction of sp³-hybridized carbons (Fsp3) is 0.500. The topological polar surface area (TPSA) is 67.4 Å². The Labute approximate surface area is 48.5 Å². The van der Waals surface area contributed by atoms with E-state index >= 15 is 0 Å². The highest BCUT2D eigenvalue weighted by molar-refractivity contribution is 5.70. The molecule has 4 heteroatoms. The third-order valence-electron chi connectivity index (χ3n) is 0.662. The van der Waals surface area contributed by atoms with E-state index < -0.39 is 0 Å². The average molecular weight is 115 g/mol. The smallest absolute Gasteiger partial charge is 0.289 e. The van der Waals surface area contributed by atoms with Crippen molar-refractivity contribution >= 4 is 12.2 Å². The minimum atomic E-state index is 0.197. The minimum absolute atomic E-state index is 0.197. The molecule has 0 radical (unpaired) electrons. The molecule has 0 aromatic heterocycles. The van der Waals surface area contributed by atoms with Gasteiger partial charge in [-0.3, -0.25) is 11.5 Å². The Kier molecular flexibility index (Phi) is 2.61. The predicted molar refractivity (Wildman–Crippen MR) is 33.7 cm³/mol. The molecule has 0 saturated carbocycles. The van der Waals surface area contributed by atoms with E-state index in [2.05, 4.69) is 5.10 Å². The maximum absolute atomic E-state index is 5.13. The van der Waals surface area contributed by atoms with Crippen LogP contribution in [0.3, 0.4) is 0 Å². The standard InChI is InChI=1S/C4H10N4/c1-3-7-8(2)4(5)6/h3H,1-2H3,(H3,5,6)/p+1/b7-3+. The van der Waals surface area contributed by atoms with Crippen LogP contribution in [-0.2, 0) is 0 Å². The van der Waals surface area contributed by atoms with Crippen molar-refractivity contribution in [3.8, 4) is 0 Å². The SMILES string of the molecule is C/C=N/[N+](C)=C(N)N. The lowest BCUT2D eigenvalue weighted by Crippen LogP contribution is -2.31. The molecule has 0 aromatic carbocycles. The number of guanidine groups is 1. The van der Waals surface area contributed by atoms with Gasteiger partial charge in [0.1, 0.15) is 0 Å². The van der Waals surface area contributed by atoms with Gasteiger partial charge in [0, 0.05) is 6.21 Å². The normalized spacial score (nSPS) is 9.75. The molecule has 8 heavy (non-hydrogen) atoms. The van der Waals surface area contributed by atoms with E-state index in [1.165, 1.54) is 4.68 Å². The fourth-order valence-electron chi connectivity index (χ4n) is 0.240. The first-order valence-corrected chi connectivity index (χ1v) is 2.28. The first-order chi connectivity index (χ1) is 3.68. The van der Waals surface area contributed by atoms with Gasteiger partial charge in [-0.15, -0.1) is 9.79 Å². The number of hydrogen-bond acceptors (Lipinski definition) is 1. The van der Waals surface area contributed by atoms with Gasteiger partial charge in [0.05, 0.1) is 7.05 Å². The number of nitrogens with zero attached hydrogens (tertiary/aromatic N) is 2. The first-order valence-electron chi connectivity index (χ1n) is 2.28. The molecule has 0 aromatic rings. The highest BCUT2D eigenvalue weighted by Gasteiger charge is 1.88. The lowest BCUT2D eigenvalue weighted by atomic mass is 10.9. The second-order valence-electron chi connectivity index (χ2n) is 1.32. The Morgan fingerprint density at radius 3 is 2.25 bits per heavy atom. The summed E-state index contributed by atoms with van der Waals surface area (Å²) in [6.45, 7) is 1.79. The van der Waals surface area contributed by atoms with Gasteiger partial charge in [-0.25, -0.2) is 0 Å². The molecule has 46 valence electrons. The summed E-state index contributed by atoms with van der Waals surface area (Å²) in [6, 6.07) is 0. The van der Waals surface area contributed by atoms with Crippen LogP contribution in [0.1, 0.15) is 6.92 Å². The van der Waals surface area contributed by atoms with Crippen LogP contribution in [0.15, 0.2) is 5.10 Å². The monoisotopic (exact) mass is 115 g/mol. The van der Waals surface area contributed by atoms with Crippen LogP contribution in [0.25, 0.3) is 0 Å². The molecule has 4 N–H and O–H groups in total. The van der Waals surface area contributed by atoms with E-state index in [0.717, 1.165) is 0 Å². The Hall–Kier alpha value is -1.06.